The molecule has 0 spiro atoms. The summed E-state index contributed by atoms with van der Waals surface area (Å²) in [6.07, 6.45) is 0. The summed E-state index contributed by atoms with van der Waals surface area (Å²) in [6.45, 7) is 1.63. The Labute approximate surface area is 102 Å². The lowest BCUT2D eigenvalue weighted by Crippen LogP contribution is -2.13. The molecule has 0 radical (unpaired) electrons. The van der Waals surface area contributed by atoms with Gasteiger partial charge in [0, 0.05) is 10.9 Å². The van der Waals surface area contributed by atoms with Crippen LogP contribution in [-0.4, -0.2) is 17.3 Å². The van der Waals surface area contributed by atoms with Crippen molar-refractivity contribution < 1.29 is 9.18 Å². The highest BCUT2D eigenvalue weighted by Crippen LogP contribution is 2.25. The molecule has 88 valence electrons. The van der Waals surface area contributed by atoms with E-state index in [-0.39, 0.29) is 18.1 Å². The Bertz CT molecular complexity index is 565. The van der Waals surface area contributed by atoms with Crippen molar-refractivity contribution in [3.8, 4) is 10.6 Å². The minimum absolute atomic E-state index is 0.0641. The van der Waals surface area contributed by atoms with Crippen LogP contribution in [-0.2, 0) is 0 Å². The first-order chi connectivity index (χ1) is 8.11. The molecule has 0 saturated heterocycles. The SMILES string of the molecule is Cc1ccc(-c2nc(C(=O)CN)cs2)cc1F. The van der Waals surface area contributed by atoms with Crippen molar-refractivity contribution in [2.24, 2.45) is 5.73 Å². The topological polar surface area (TPSA) is 56.0 Å². The van der Waals surface area contributed by atoms with E-state index in [2.05, 4.69) is 4.98 Å². The highest BCUT2D eigenvalue weighted by Gasteiger charge is 2.11. The third-order valence-corrected chi connectivity index (χ3v) is 3.29. The summed E-state index contributed by atoms with van der Waals surface area (Å²) in [5, 5.41) is 2.27. The Morgan fingerprint density at radius 3 is 2.94 bits per heavy atom. The van der Waals surface area contributed by atoms with Crippen molar-refractivity contribution in [3.05, 3.63) is 40.7 Å². The summed E-state index contributed by atoms with van der Waals surface area (Å²) in [4.78, 5) is 15.5. The molecule has 0 atom stereocenters. The minimum atomic E-state index is -0.274. The van der Waals surface area contributed by atoms with E-state index in [0.29, 0.717) is 21.8 Å². The van der Waals surface area contributed by atoms with E-state index in [0.717, 1.165) is 0 Å². The van der Waals surface area contributed by atoms with Gasteiger partial charge in [0.25, 0.3) is 0 Å². The van der Waals surface area contributed by atoms with Gasteiger partial charge in [-0.3, -0.25) is 4.79 Å². The van der Waals surface area contributed by atoms with Crippen molar-refractivity contribution in [2.45, 2.75) is 6.92 Å². The van der Waals surface area contributed by atoms with Crippen LogP contribution in [0.2, 0.25) is 0 Å². The first-order valence-corrected chi connectivity index (χ1v) is 5.95. The largest absolute Gasteiger partial charge is 0.324 e. The van der Waals surface area contributed by atoms with Crippen LogP contribution >= 0.6 is 11.3 Å². The summed E-state index contributed by atoms with van der Waals surface area (Å²) < 4.78 is 13.4. The van der Waals surface area contributed by atoms with Crippen LogP contribution in [0.5, 0.6) is 0 Å². The fourth-order valence-corrected chi connectivity index (χ4v) is 2.19. The van der Waals surface area contributed by atoms with Gasteiger partial charge in [-0.05, 0) is 18.6 Å². The number of nitrogens with zero attached hydrogens (tertiary/aromatic N) is 1. The van der Waals surface area contributed by atoms with Crippen LogP contribution in [0, 0.1) is 12.7 Å². The molecule has 1 aromatic carbocycles. The van der Waals surface area contributed by atoms with E-state index < -0.39 is 0 Å². The average molecular weight is 250 g/mol. The van der Waals surface area contributed by atoms with Crippen molar-refractivity contribution in [2.75, 3.05) is 6.54 Å². The molecule has 17 heavy (non-hydrogen) atoms. The highest BCUT2D eigenvalue weighted by atomic mass is 32.1. The monoisotopic (exact) mass is 250 g/mol. The standard InChI is InChI=1S/C12H11FN2OS/c1-7-2-3-8(4-9(7)13)12-15-10(6-17-12)11(16)5-14/h2-4,6H,5,14H2,1H3. The molecule has 0 amide bonds. The lowest BCUT2D eigenvalue weighted by atomic mass is 10.1. The Balaban J connectivity index is 2.37. The smallest absolute Gasteiger partial charge is 0.195 e. The van der Waals surface area contributed by atoms with Crippen LogP contribution in [0.15, 0.2) is 23.6 Å². The van der Waals surface area contributed by atoms with Gasteiger partial charge >= 0.3 is 0 Å². The van der Waals surface area contributed by atoms with Crippen molar-refractivity contribution >= 4 is 17.1 Å². The number of hydrogen-bond donors (Lipinski definition) is 1. The van der Waals surface area contributed by atoms with Crippen LogP contribution in [0.1, 0.15) is 16.1 Å². The van der Waals surface area contributed by atoms with Crippen LogP contribution in [0.3, 0.4) is 0 Å². The van der Waals surface area contributed by atoms with E-state index in [1.54, 1.807) is 24.4 Å². The second kappa shape index (κ2) is 4.73. The van der Waals surface area contributed by atoms with Gasteiger partial charge in [0.2, 0.25) is 0 Å². The molecule has 0 aliphatic rings. The summed E-state index contributed by atoms with van der Waals surface area (Å²) in [7, 11) is 0. The molecule has 2 rings (SSSR count). The van der Waals surface area contributed by atoms with E-state index >= 15 is 0 Å². The number of benzene rings is 1. The second-order valence-corrected chi connectivity index (χ2v) is 4.49. The zero-order valence-electron chi connectivity index (χ0n) is 9.24. The summed E-state index contributed by atoms with van der Waals surface area (Å²) in [6, 6.07) is 4.90. The number of aromatic nitrogens is 1. The maximum Gasteiger partial charge on any atom is 0.195 e. The molecule has 1 heterocycles. The van der Waals surface area contributed by atoms with Crippen LogP contribution < -0.4 is 5.73 Å². The molecule has 0 unspecified atom stereocenters. The van der Waals surface area contributed by atoms with E-state index in [1.165, 1.54) is 17.4 Å². The first kappa shape index (κ1) is 11.9. The van der Waals surface area contributed by atoms with Gasteiger partial charge in [-0.25, -0.2) is 9.37 Å². The number of halogens is 1. The third-order valence-electron chi connectivity index (χ3n) is 2.39. The minimum Gasteiger partial charge on any atom is -0.324 e. The average Bonchev–Trinajstić information content (AvgIpc) is 2.81. The quantitative estimate of drug-likeness (QED) is 0.851. The van der Waals surface area contributed by atoms with Gasteiger partial charge in [-0.15, -0.1) is 11.3 Å². The number of carbonyl (C=O) groups is 1. The predicted molar refractivity (Wildman–Crippen MR) is 65.6 cm³/mol. The molecule has 0 aliphatic heterocycles. The van der Waals surface area contributed by atoms with E-state index in [9.17, 15) is 9.18 Å². The van der Waals surface area contributed by atoms with Crippen LogP contribution in [0.4, 0.5) is 4.39 Å². The molecule has 0 saturated carbocycles. The number of hydrogen-bond acceptors (Lipinski definition) is 4. The van der Waals surface area contributed by atoms with Crippen molar-refractivity contribution in [1.29, 1.82) is 0 Å². The van der Waals surface area contributed by atoms with Crippen LogP contribution in [0.25, 0.3) is 10.6 Å². The number of Topliss-reactive ketones (excluding diaryl/α,β-unsaturated/α-hetero) is 1. The number of ketones is 1. The molecule has 1 aromatic heterocycles. The van der Waals surface area contributed by atoms with Gasteiger partial charge in [0.1, 0.15) is 16.5 Å². The number of carbonyl (C=O) groups excluding carboxylic acids is 1. The fourth-order valence-electron chi connectivity index (χ4n) is 1.36. The summed E-state index contributed by atoms with van der Waals surface area (Å²) in [5.74, 6) is -0.482. The Kier molecular flexibility index (Phi) is 3.31. The lowest BCUT2D eigenvalue weighted by Gasteiger charge is -1.99. The maximum absolute atomic E-state index is 13.4. The predicted octanol–water partition coefficient (Wildman–Crippen LogP) is 2.40. The maximum atomic E-state index is 13.4. The molecule has 5 heteroatoms. The molecule has 3 nitrogen and oxygen atoms in total. The van der Waals surface area contributed by atoms with Crippen molar-refractivity contribution in [1.82, 2.24) is 4.98 Å². The molecule has 0 fully saturated rings. The lowest BCUT2D eigenvalue weighted by molar-refractivity contribution is 0.0997. The van der Waals surface area contributed by atoms with Gasteiger partial charge in [0.15, 0.2) is 5.78 Å². The van der Waals surface area contributed by atoms with Gasteiger partial charge in [-0.1, -0.05) is 12.1 Å². The highest BCUT2D eigenvalue weighted by molar-refractivity contribution is 7.13. The van der Waals surface area contributed by atoms with Crippen molar-refractivity contribution in [3.63, 3.8) is 0 Å². The third kappa shape index (κ3) is 2.40. The van der Waals surface area contributed by atoms with E-state index in [4.69, 9.17) is 5.73 Å². The molecule has 2 aromatic rings. The molecular formula is C12H11FN2OS. The Morgan fingerprint density at radius 2 is 2.29 bits per heavy atom. The number of thiazole rings is 1. The molecule has 0 bridgehead atoms. The Hall–Kier alpha value is -1.59. The second-order valence-electron chi connectivity index (χ2n) is 3.63. The fraction of sp³-hybridized carbons (Fsp3) is 0.167. The Morgan fingerprint density at radius 1 is 1.53 bits per heavy atom. The normalized spacial score (nSPS) is 10.5. The summed E-state index contributed by atoms with van der Waals surface area (Å²) in [5.41, 5.74) is 6.85. The van der Waals surface area contributed by atoms with E-state index in [1.807, 2.05) is 0 Å². The molecule has 2 N–H and O–H groups in total. The van der Waals surface area contributed by atoms with Gasteiger partial charge in [-0.2, -0.15) is 0 Å². The summed E-state index contributed by atoms with van der Waals surface area (Å²) >= 11 is 1.31. The number of nitrogens with two attached hydrogens (primary N) is 1. The molecule has 0 aliphatic carbocycles. The zero-order chi connectivity index (χ0) is 12.4. The van der Waals surface area contributed by atoms with Gasteiger partial charge in [0.05, 0.1) is 6.54 Å². The number of aryl methyl sites for hydroxylation is 1. The first-order valence-electron chi connectivity index (χ1n) is 5.07. The zero-order valence-corrected chi connectivity index (χ0v) is 10.1. The van der Waals surface area contributed by atoms with Gasteiger partial charge < -0.3 is 5.73 Å². The molecular weight excluding hydrogens is 239 g/mol. The number of rotatable bonds is 3.